The molecule has 5 rings (SSSR count). The van der Waals surface area contributed by atoms with Crippen LogP contribution in [0.1, 0.15) is 28.9 Å². The third-order valence-electron chi connectivity index (χ3n) is 6.01. The van der Waals surface area contributed by atoms with Gasteiger partial charge < -0.3 is 19.9 Å². The maximum atomic E-state index is 12.5. The van der Waals surface area contributed by atoms with E-state index < -0.39 is 5.60 Å². The summed E-state index contributed by atoms with van der Waals surface area (Å²) in [6, 6.07) is 9.72. The van der Waals surface area contributed by atoms with Gasteiger partial charge in [-0.15, -0.1) is 0 Å². The molecule has 1 aromatic heterocycles. The van der Waals surface area contributed by atoms with Gasteiger partial charge in [-0.25, -0.2) is 14.8 Å². The number of aromatic nitrogens is 2. The van der Waals surface area contributed by atoms with Crippen molar-refractivity contribution in [3.8, 4) is 11.4 Å². The number of anilines is 1. The third-order valence-corrected chi connectivity index (χ3v) is 6.01. The normalized spacial score (nSPS) is 20.4. The van der Waals surface area contributed by atoms with Crippen molar-refractivity contribution in [2.75, 3.05) is 38.1 Å². The van der Waals surface area contributed by atoms with Crippen LogP contribution < -0.4 is 10.2 Å². The minimum atomic E-state index is -0.408. The van der Waals surface area contributed by atoms with Gasteiger partial charge in [-0.2, -0.15) is 0 Å². The third kappa shape index (κ3) is 3.08. The van der Waals surface area contributed by atoms with Crippen molar-refractivity contribution in [3.63, 3.8) is 0 Å². The van der Waals surface area contributed by atoms with Crippen LogP contribution in [-0.2, 0) is 11.2 Å². The van der Waals surface area contributed by atoms with Crippen LogP contribution in [0.3, 0.4) is 0 Å². The van der Waals surface area contributed by atoms with Crippen molar-refractivity contribution < 1.29 is 14.3 Å². The van der Waals surface area contributed by atoms with E-state index >= 15 is 0 Å². The molecule has 0 bridgehead atoms. The van der Waals surface area contributed by atoms with Crippen LogP contribution in [0.15, 0.2) is 30.3 Å². The SMILES string of the molecule is CN1CC2(CCN(c3nc(-c4ccccc4)nc4c3CCNC4=O)CC2)OC1=O. The first kappa shape index (κ1) is 17.9. The molecule has 3 aliphatic rings. The Kier molecular flexibility index (Phi) is 4.15. The maximum absolute atomic E-state index is 12.5. The Labute approximate surface area is 168 Å². The van der Waals surface area contributed by atoms with E-state index in [1.807, 2.05) is 30.3 Å². The van der Waals surface area contributed by atoms with E-state index in [9.17, 15) is 9.59 Å². The molecular weight excluding hydrogens is 370 g/mol. The number of rotatable bonds is 2. The molecule has 150 valence electrons. The summed E-state index contributed by atoms with van der Waals surface area (Å²) in [5, 5.41) is 2.89. The Hall–Kier alpha value is -3.16. The summed E-state index contributed by atoms with van der Waals surface area (Å²) in [6.07, 6.45) is 1.95. The summed E-state index contributed by atoms with van der Waals surface area (Å²) in [6.45, 7) is 2.66. The van der Waals surface area contributed by atoms with Crippen LogP contribution in [0.2, 0.25) is 0 Å². The van der Waals surface area contributed by atoms with Crippen LogP contribution >= 0.6 is 0 Å². The first-order valence-electron chi connectivity index (χ1n) is 9.98. The molecule has 8 nitrogen and oxygen atoms in total. The highest BCUT2D eigenvalue weighted by molar-refractivity contribution is 5.96. The molecule has 1 aromatic carbocycles. The van der Waals surface area contributed by atoms with E-state index in [1.54, 1.807) is 11.9 Å². The van der Waals surface area contributed by atoms with Gasteiger partial charge in [0.1, 0.15) is 17.1 Å². The number of nitrogens with zero attached hydrogens (tertiary/aromatic N) is 4. The number of nitrogens with one attached hydrogen (secondary N) is 1. The van der Waals surface area contributed by atoms with Gasteiger partial charge in [0, 0.05) is 50.7 Å². The second-order valence-corrected chi connectivity index (χ2v) is 7.96. The Morgan fingerprint density at radius 3 is 2.55 bits per heavy atom. The molecule has 0 unspecified atom stereocenters. The molecule has 0 saturated carbocycles. The zero-order valence-corrected chi connectivity index (χ0v) is 16.4. The summed E-state index contributed by atoms with van der Waals surface area (Å²) in [7, 11) is 1.77. The number of ether oxygens (including phenoxy) is 1. The van der Waals surface area contributed by atoms with Gasteiger partial charge in [-0.05, 0) is 6.42 Å². The molecule has 0 radical (unpaired) electrons. The average molecular weight is 393 g/mol. The largest absolute Gasteiger partial charge is 0.441 e. The van der Waals surface area contributed by atoms with E-state index in [0.717, 1.165) is 42.9 Å². The molecule has 0 aliphatic carbocycles. The van der Waals surface area contributed by atoms with Gasteiger partial charge in [0.05, 0.1) is 6.54 Å². The van der Waals surface area contributed by atoms with Crippen LogP contribution in [0.5, 0.6) is 0 Å². The predicted octanol–water partition coefficient (Wildman–Crippen LogP) is 1.85. The molecule has 2 aromatic rings. The molecule has 1 spiro atoms. The van der Waals surface area contributed by atoms with Gasteiger partial charge in [-0.3, -0.25) is 4.79 Å². The van der Waals surface area contributed by atoms with Gasteiger partial charge in [0.15, 0.2) is 5.82 Å². The number of hydrogen-bond donors (Lipinski definition) is 1. The van der Waals surface area contributed by atoms with Crippen LogP contribution in [0.25, 0.3) is 11.4 Å². The fourth-order valence-electron chi connectivity index (χ4n) is 4.43. The minimum absolute atomic E-state index is 0.146. The monoisotopic (exact) mass is 393 g/mol. The summed E-state index contributed by atoms with van der Waals surface area (Å²) >= 11 is 0. The quantitative estimate of drug-likeness (QED) is 0.838. The number of benzene rings is 1. The lowest BCUT2D eigenvalue weighted by Gasteiger charge is -2.39. The average Bonchev–Trinajstić information content (AvgIpc) is 3.02. The molecule has 2 fully saturated rings. The molecule has 29 heavy (non-hydrogen) atoms. The lowest BCUT2D eigenvalue weighted by atomic mass is 9.91. The van der Waals surface area contributed by atoms with E-state index in [4.69, 9.17) is 9.72 Å². The summed E-state index contributed by atoms with van der Waals surface area (Å²) in [5.41, 5.74) is 1.85. The van der Waals surface area contributed by atoms with Gasteiger partial charge in [0.25, 0.3) is 5.91 Å². The lowest BCUT2D eigenvalue weighted by molar-refractivity contribution is 0.0365. The van der Waals surface area contributed by atoms with Gasteiger partial charge >= 0.3 is 6.09 Å². The highest BCUT2D eigenvalue weighted by atomic mass is 16.6. The zero-order valence-electron chi connectivity index (χ0n) is 16.4. The van der Waals surface area contributed by atoms with Gasteiger partial charge in [-0.1, -0.05) is 30.3 Å². The molecule has 1 N–H and O–H groups in total. The number of carbonyl (C=O) groups is 2. The maximum Gasteiger partial charge on any atom is 0.410 e. The molecule has 2 saturated heterocycles. The molecule has 8 heteroatoms. The van der Waals surface area contributed by atoms with Crippen LogP contribution in [0, 0.1) is 0 Å². The van der Waals surface area contributed by atoms with Crippen molar-refractivity contribution in [2.45, 2.75) is 24.9 Å². The molecule has 4 heterocycles. The highest BCUT2D eigenvalue weighted by Gasteiger charge is 2.46. The Balaban J connectivity index is 1.49. The minimum Gasteiger partial charge on any atom is -0.441 e. The second-order valence-electron chi connectivity index (χ2n) is 7.96. The Morgan fingerprint density at radius 1 is 1.10 bits per heavy atom. The number of piperidine rings is 1. The van der Waals surface area contributed by atoms with Crippen molar-refractivity contribution in [2.24, 2.45) is 0 Å². The van der Waals surface area contributed by atoms with E-state index in [2.05, 4.69) is 15.2 Å². The number of hydrogen-bond acceptors (Lipinski definition) is 6. The van der Waals surface area contributed by atoms with Gasteiger partial charge in [0.2, 0.25) is 0 Å². The Bertz CT molecular complexity index is 970. The smallest absolute Gasteiger partial charge is 0.410 e. The summed E-state index contributed by atoms with van der Waals surface area (Å²) < 4.78 is 5.67. The lowest BCUT2D eigenvalue weighted by Crippen LogP contribution is -2.47. The van der Waals surface area contributed by atoms with Crippen molar-refractivity contribution in [1.29, 1.82) is 0 Å². The van der Waals surface area contributed by atoms with E-state index in [-0.39, 0.29) is 12.0 Å². The fraction of sp³-hybridized carbons (Fsp3) is 0.429. The van der Waals surface area contributed by atoms with Crippen molar-refractivity contribution in [3.05, 3.63) is 41.6 Å². The molecule has 3 aliphatic heterocycles. The fourth-order valence-corrected chi connectivity index (χ4v) is 4.43. The highest BCUT2D eigenvalue weighted by Crippen LogP contribution is 2.36. The van der Waals surface area contributed by atoms with Crippen molar-refractivity contribution >= 4 is 17.8 Å². The first-order valence-corrected chi connectivity index (χ1v) is 9.98. The van der Waals surface area contributed by atoms with Crippen LogP contribution in [-0.4, -0.2) is 65.7 Å². The molecule has 0 atom stereocenters. The number of carbonyl (C=O) groups excluding carboxylic acids is 2. The first-order chi connectivity index (χ1) is 14.0. The number of likely N-dealkylation sites (N-methyl/N-ethyl adjacent to an activating group) is 1. The van der Waals surface area contributed by atoms with E-state index in [1.165, 1.54) is 0 Å². The van der Waals surface area contributed by atoms with E-state index in [0.29, 0.717) is 31.0 Å². The standard InChI is InChI=1S/C21H23N5O3/c1-25-13-21(29-20(25)28)8-11-26(12-9-21)18-15-7-10-22-19(27)16(15)23-17(24-18)14-5-3-2-4-6-14/h2-6H,7-13H2,1H3,(H,22,27). The zero-order chi connectivity index (χ0) is 20.0. The second kappa shape index (κ2) is 6.72. The predicted molar refractivity (Wildman–Crippen MR) is 107 cm³/mol. The van der Waals surface area contributed by atoms with Crippen molar-refractivity contribution in [1.82, 2.24) is 20.2 Å². The molecule has 2 amide bonds. The topological polar surface area (TPSA) is 87.7 Å². The molecular formula is C21H23N5O3. The summed E-state index contributed by atoms with van der Waals surface area (Å²) in [4.78, 5) is 37.7. The summed E-state index contributed by atoms with van der Waals surface area (Å²) in [5.74, 6) is 1.24. The van der Waals surface area contributed by atoms with Crippen LogP contribution in [0.4, 0.5) is 10.6 Å². The number of amides is 2. The number of fused-ring (bicyclic) bond motifs is 1. The Morgan fingerprint density at radius 2 is 1.86 bits per heavy atom.